The normalized spacial score (nSPS) is 11.3. The Labute approximate surface area is 185 Å². The molecule has 0 aliphatic heterocycles. The second-order valence-electron chi connectivity index (χ2n) is 8.01. The second-order valence-corrected chi connectivity index (χ2v) is 10.1. The van der Waals surface area contributed by atoms with Gasteiger partial charge < -0.3 is 0 Å². The van der Waals surface area contributed by atoms with Gasteiger partial charge in [-0.15, -0.1) is 22.7 Å². The highest BCUT2D eigenvalue weighted by atomic mass is 32.1. The summed E-state index contributed by atoms with van der Waals surface area (Å²) in [4.78, 5) is 0. The first kappa shape index (κ1) is 19.3. The number of fused-ring (bicyclic) bond motifs is 6. The third kappa shape index (κ3) is 3.12. The molecule has 0 aliphatic carbocycles. The van der Waals surface area contributed by atoms with Crippen LogP contribution in [0.15, 0.2) is 72.8 Å². The molecular formula is C28H24S2. The van der Waals surface area contributed by atoms with Gasteiger partial charge in [0.05, 0.1) is 0 Å². The molecule has 2 heteroatoms. The molecule has 4 aromatic carbocycles. The van der Waals surface area contributed by atoms with Gasteiger partial charge in [0, 0.05) is 40.3 Å². The van der Waals surface area contributed by atoms with Crippen LogP contribution in [-0.2, 0) is 0 Å². The van der Waals surface area contributed by atoms with Crippen molar-refractivity contribution in [3.63, 3.8) is 0 Å². The van der Waals surface area contributed by atoms with Crippen LogP contribution in [0, 0.1) is 27.7 Å². The molecule has 2 heterocycles. The zero-order valence-electron chi connectivity index (χ0n) is 17.7. The fraction of sp³-hybridized carbons (Fsp3) is 0.143. The first-order valence-corrected chi connectivity index (χ1v) is 11.9. The van der Waals surface area contributed by atoms with E-state index in [9.17, 15) is 0 Å². The summed E-state index contributed by atoms with van der Waals surface area (Å²) >= 11 is 3.83. The van der Waals surface area contributed by atoms with E-state index in [1.807, 2.05) is 22.7 Å². The topological polar surface area (TPSA) is 0 Å². The minimum atomic E-state index is 1.38. The molecule has 0 N–H and O–H groups in total. The standard InChI is InChI=1S/2C14H12S/c2*1-9-5-3-7-11-12-8-4-6-10(2)14(12)15-13(9)11/h2*3-8H,1-2H3. The summed E-state index contributed by atoms with van der Waals surface area (Å²) < 4.78 is 5.73. The van der Waals surface area contributed by atoms with E-state index in [0.717, 1.165) is 0 Å². The van der Waals surface area contributed by atoms with Gasteiger partial charge in [0.25, 0.3) is 0 Å². The van der Waals surface area contributed by atoms with E-state index in [0.29, 0.717) is 0 Å². The maximum absolute atomic E-state index is 2.22. The smallest absolute Gasteiger partial charge is 0.0384 e. The lowest BCUT2D eigenvalue weighted by molar-refractivity contribution is 1.56. The van der Waals surface area contributed by atoms with Crippen molar-refractivity contribution < 1.29 is 0 Å². The molecule has 0 unspecified atom stereocenters. The summed E-state index contributed by atoms with van der Waals surface area (Å²) in [6, 6.07) is 26.2. The Morgan fingerprint density at radius 2 is 0.600 bits per heavy atom. The van der Waals surface area contributed by atoms with E-state index in [2.05, 4.69) is 100 Å². The Morgan fingerprint density at radius 1 is 0.367 bits per heavy atom. The fourth-order valence-electron chi connectivity index (χ4n) is 4.20. The molecule has 0 radical (unpaired) electrons. The highest BCUT2D eigenvalue weighted by Gasteiger charge is 2.08. The second kappa shape index (κ2) is 7.54. The van der Waals surface area contributed by atoms with Crippen molar-refractivity contribution >= 4 is 63.0 Å². The molecule has 0 fully saturated rings. The largest absolute Gasteiger partial charge is 0.135 e. The Balaban J connectivity index is 0.000000128. The quantitative estimate of drug-likeness (QED) is 0.228. The van der Waals surface area contributed by atoms with Gasteiger partial charge in [-0.1, -0.05) is 72.8 Å². The number of hydrogen-bond donors (Lipinski definition) is 0. The van der Waals surface area contributed by atoms with Crippen molar-refractivity contribution in [1.29, 1.82) is 0 Å². The van der Waals surface area contributed by atoms with Gasteiger partial charge in [0.2, 0.25) is 0 Å². The molecule has 0 saturated heterocycles. The van der Waals surface area contributed by atoms with Crippen LogP contribution in [-0.4, -0.2) is 0 Å². The zero-order valence-corrected chi connectivity index (χ0v) is 19.4. The van der Waals surface area contributed by atoms with Gasteiger partial charge in [-0.25, -0.2) is 0 Å². The summed E-state index contributed by atoms with van der Waals surface area (Å²) in [5.74, 6) is 0. The van der Waals surface area contributed by atoms with E-state index in [1.54, 1.807) is 0 Å². The van der Waals surface area contributed by atoms with Crippen molar-refractivity contribution in [3.05, 3.63) is 95.1 Å². The number of hydrogen-bond acceptors (Lipinski definition) is 2. The molecule has 30 heavy (non-hydrogen) atoms. The number of thiophene rings is 2. The minimum absolute atomic E-state index is 1.38. The molecule has 6 aromatic rings. The third-order valence-electron chi connectivity index (χ3n) is 5.84. The number of rotatable bonds is 0. The number of aryl methyl sites for hydroxylation is 4. The van der Waals surface area contributed by atoms with Crippen molar-refractivity contribution in [2.45, 2.75) is 27.7 Å². The fourth-order valence-corrected chi connectivity index (χ4v) is 6.68. The van der Waals surface area contributed by atoms with Crippen LogP contribution in [0.1, 0.15) is 22.3 Å². The van der Waals surface area contributed by atoms with Crippen molar-refractivity contribution in [1.82, 2.24) is 0 Å². The van der Waals surface area contributed by atoms with Crippen LogP contribution in [0.2, 0.25) is 0 Å². The van der Waals surface area contributed by atoms with Gasteiger partial charge in [-0.3, -0.25) is 0 Å². The molecule has 0 atom stereocenters. The average molecular weight is 425 g/mol. The summed E-state index contributed by atoms with van der Waals surface area (Å²) in [5, 5.41) is 5.61. The van der Waals surface area contributed by atoms with Crippen LogP contribution in [0.4, 0.5) is 0 Å². The summed E-state index contributed by atoms with van der Waals surface area (Å²) in [6.45, 7) is 8.75. The highest BCUT2D eigenvalue weighted by Crippen LogP contribution is 2.38. The van der Waals surface area contributed by atoms with Crippen molar-refractivity contribution in [2.75, 3.05) is 0 Å². The van der Waals surface area contributed by atoms with E-state index in [1.165, 1.54) is 62.6 Å². The molecule has 148 valence electrons. The minimum Gasteiger partial charge on any atom is -0.135 e. The molecule has 0 saturated carbocycles. The van der Waals surface area contributed by atoms with Crippen molar-refractivity contribution in [2.24, 2.45) is 0 Å². The van der Waals surface area contributed by atoms with Gasteiger partial charge in [0.1, 0.15) is 0 Å². The molecule has 6 rings (SSSR count). The lowest BCUT2D eigenvalue weighted by Gasteiger charge is -1.94. The van der Waals surface area contributed by atoms with E-state index in [-0.39, 0.29) is 0 Å². The lowest BCUT2D eigenvalue weighted by Crippen LogP contribution is -1.71. The Morgan fingerprint density at radius 3 is 0.833 bits per heavy atom. The maximum Gasteiger partial charge on any atom is 0.0384 e. The Kier molecular flexibility index (Phi) is 4.85. The van der Waals surface area contributed by atoms with Gasteiger partial charge in [0.15, 0.2) is 0 Å². The van der Waals surface area contributed by atoms with Crippen LogP contribution in [0.3, 0.4) is 0 Å². The SMILES string of the molecule is Cc1cccc2c1sc1c(C)cccc12.Cc1cccc2c1sc1c(C)cccc12. The summed E-state index contributed by atoms with van der Waals surface area (Å²) in [6.07, 6.45) is 0. The van der Waals surface area contributed by atoms with E-state index >= 15 is 0 Å². The van der Waals surface area contributed by atoms with Crippen LogP contribution >= 0.6 is 22.7 Å². The molecule has 0 nitrogen and oxygen atoms in total. The zero-order chi connectivity index (χ0) is 20.8. The average Bonchev–Trinajstić information content (AvgIpc) is 3.31. The van der Waals surface area contributed by atoms with E-state index in [4.69, 9.17) is 0 Å². The molecule has 2 aromatic heterocycles. The highest BCUT2D eigenvalue weighted by molar-refractivity contribution is 7.26. The van der Waals surface area contributed by atoms with Crippen LogP contribution in [0.25, 0.3) is 40.3 Å². The maximum atomic E-state index is 2.22. The van der Waals surface area contributed by atoms with Gasteiger partial charge in [-0.2, -0.15) is 0 Å². The monoisotopic (exact) mass is 424 g/mol. The predicted octanol–water partition coefficient (Wildman–Crippen LogP) is 9.34. The van der Waals surface area contributed by atoms with Crippen LogP contribution < -0.4 is 0 Å². The summed E-state index contributed by atoms with van der Waals surface area (Å²) in [5.41, 5.74) is 5.53. The van der Waals surface area contributed by atoms with E-state index < -0.39 is 0 Å². The predicted molar refractivity (Wildman–Crippen MR) is 138 cm³/mol. The number of benzene rings is 4. The first-order valence-electron chi connectivity index (χ1n) is 10.3. The molecule has 0 spiro atoms. The Hall–Kier alpha value is -2.68. The summed E-state index contributed by atoms with van der Waals surface area (Å²) in [7, 11) is 0. The molecule has 0 bridgehead atoms. The van der Waals surface area contributed by atoms with Crippen LogP contribution in [0.5, 0.6) is 0 Å². The first-order chi connectivity index (χ1) is 14.5. The van der Waals surface area contributed by atoms with Gasteiger partial charge in [-0.05, 0) is 49.9 Å². The molecule has 0 amide bonds. The lowest BCUT2D eigenvalue weighted by atomic mass is 10.1. The molecule has 0 aliphatic rings. The third-order valence-corrected chi connectivity index (χ3v) is 8.82. The van der Waals surface area contributed by atoms with Crippen molar-refractivity contribution in [3.8, 4) is 0 Å². The molecular weight excluding hydrogens is 400 g/mol. The Bertz CT molecular complexity index is 1300. The van der Waals surface area contributed by atoms with Gasteiger partial charge >= 0.3 is 0 Å².